The van der Waals surface area contributed by atoms with Crippen molar-refractivity contribution in [3.8, 4) is 17.2 Å². The summed E-state index contributed by atoms with van der Waals surface area (Å²) >= 11 is 13.0. The van der Waals surface area contributed by atoms with Gasteiger partial charge in [0.15, 0.2) is 0 Å². The molecule has 0 fully saturated rings. The van der Waals surface area contributed by atoms with Gasteiger partial charge in [-0.2, -0.15) is 0 Å². The second-order valence-electron chi connectivity index (χ2n) is 3.98. The molecule has 0 radical (unpaired) electrons. The fourth-order valence-electron chi connectivity index (χ4n) is 1.63. The van der Waals surface area contributed by atoms with E-state index < -0.39 is 0 Å². The van der Waals surface area contributed by atoms with E-state index in [1.54, 1.807) is 13.2 Å². The van der Waals surface area contributed by atoms with Gasteiger partial charge in [-0.25, -0.2) is 0 Å². The van der Waals surface area contributed by atoms with Gasteiger partial charge >= 0.3 is 0 Å². The number of nitrogens with two attached hydrogens (primary N) is 1. The van der Waals surface area contributed by atoms with Crippen LogP contribution in [0.3, 0.4) is 0 Å². The highest BCUT2D eigenvalue weighted by molar-refractivity contribution is 9.11. The summed E-state index contributed by atoms with van der Waals surface area (Å²) in [6.07, 6.45) is 0. The number of hydrogen-bond acceptors (Lipinski definition) is 3. The molecule has 0 aliphatic heterocycles. The lowest BCUT2D eigenvalue weighted by molar-refractivity contribution is 0.409. The molecule has 0 heterocycles. The fourth-order valence-corrected chi connectivity index (χ4v) is 2.76. The first-order valence-electron chi connectivity index (χ1n) is 5.74. The molecule has 20 heavy (non-hydrogen) atoms. The average Bonchev–Trinajstić information content (AvgIpc) is 2.42. The Kier molecular flexibility index (Phi) is 5.32. The van der Waals surface area contributed by atoms with Crippen molar-refractivity contribution in [2.45, 2.75) is 6.54 Å². The lowest BCUT2D eigenvalue weighted by atomic mass is 10.2. The van der Waals surface area contributed by atoms with Crippen molar-refractivity contribution in [2.75, 3.05) is 7.11 Å². The van der Waals surface area contributed by atoms with Crippen molar-refractivity contribution in [1.82, 2.24) is 0 Å². The third-order valence-electron chi connectivity index (χ3n) is 2.68. The second-order valence-corrected chi connectivity index (χ2v) is 6.09. The van der Waals surface area contributed by atoms with Crippen LogP contribution in [0.25, 0.3) is 0 Å². The normalized spacial score (nSPS) is 10.4. The molecule has 0 aliphatic rings. The topological polar surface area (TPSA) is 44.5 Å². The quantitative estimate of drug-likeness (QED) is 0.745. The van der Waals surface area contributed by atoms with Crippen LogP contribution in [-0.2, 0) is 6.54 Å². The lowest BCUT2D eigenvalue weighted by Crippen LogP contribution is -1.97. The summed E-state index contributed by atoms with van der Waals surface area (Å²) in [4.78, 5) is 0. The molecular formula is C14H12Br2ClNO2. The molecule has 0 spiro atoms. The van der Waals surface area contributed by atoms with Gasteiger partial charge in [0.2, 0.25) is 0 Å². The highest BCUT2D eigenvalue weighted by Crippen LogP contribution is 2.38. The summed E-state index contributed by atoms with van der Waals surface area (Å²) in [5, 5.41) is 0.591. The molecule has 0 aliphatic carbocycles. The maximum atomic E-state index is 6.11. The van der Waals surface area contributed by atoms with Crippen molar-refractivity contribution < 1.29 is 9.47 Å². The van der Waals surface area contributed by atoms with Crippen LogP contribution in [0, 0.1) is 0 Å². The molecule has 2 N–H and O–H groups in total. The Morgan fingerprint density at radius 3 is 2.35 bits per heavy atom. The Morgan fingerprint density at radius 2 is 1.75 bits per heavy atom. The number of hydrogen-bond donors (Lipinski definition) is 1. The molecule has 6 heteroatoms. The summed E-state index contributed by atoms with van der Waals surface area (Å²) in [7, 11) is 1.61. The molecule has 0 saturated carbocycles. The van der Waals surface area contributed by atoms with Crippen LogP contribution < -0.4 is 15.2 Å². The molecule has 3 nitrogen and oxygen atoms in total. The summed E-state index contributed by atoms with van der Waals surface area (Å²) < 4.78 is 12.6. The van der Waals surface area contributed by atoms with Gasteiger partial charge in [0, 0.05) is 11.6 Å². The number of halogens is 3. The van der Waals surface area contributed by atoms with Gasteiger partial charge in [0.25, 0.3) is 0 Å². The van der Waals surface area contributed by atoms with E-state index in [0.29, 0.717) is 23.1 Å². The van der Waals surface area contributed by atoms with Gasteiger partial charge < -0.3 is 15.2 Å². The van der Waals surface area contributed by atoms with Crippen LogP contribution in [0.4, 0.5) is 0 Å². The maximum absolute atomic E-state index is 6.11. The van der Waals surface area contributed by atoms with E-state index in [1.807, 2.05) is 24.3 Å². The van der Waals surface area contributed by atoms with Crippen molar-refractivity contribution in [2.24, 2.45) is 5.73 Å². The van der Waals surface area contributed by atoms with Crippen LogP contribution in [-0.4, -0.2) is 7.11 Å². The Bertz CT molecular complexity index is 635. The molecule has 0 saturated heterocycles. The van der Waals surface area contributed by atoms with Crippen LogP contribution >= 0.6 is 43.5 Å². The molecular weight excluding hydrogens is 409 g/mol. The van der Waals surface area contributed by atoms with E-state index in [1.165, 1.54) is 0 Å². The van der Waals surface area contributed by atoms with Gasteiger partial charge in [-0.05, 0) is 61.7 Å². The molecule has 2 aromatic carbocycles. The van der Waals surface area contributed by atoms with Gasteiger partial charge in [0.1, 0.15) is 17.2 Å². The number of rotatable bonds is 4. The first-order valence-corrected chi connectivity index (χ1v) is 7.71. The molecule has 0 atom stereocenters. The molecule has 0 unspecified atom stereocenters. The van der Waals surface area contributed by atoms with Crippen molar-refractivity contribution >= 4 is 43.5 Å². The van der Waals surface area contributed by atoms with Crippen LogP contribution in [0.5, 0.6) is 17.2 Å². The largest absolute Gasteiger partial charge is 0.496 e. The minimum Gasteiger partial charge on any atom is -0.496 e. The highest BCUT2D eigenvalue weighted by Gasteiger charge is 2.10. The molecule has 0 aromatic heterocycles. The Hall–Kier alpha value is -0.750. The van der Waals surface area contributed by atoms with Crippen LogP contribution in [0.1, 0.15) is 5.56 Å². The van der Waals surface area contributed by atoms with Gasteiger partial charge in [-0.15, -0.1) is 0 Å². The van der Waals surface area contributed by atoms with E-state index in [-0.39, 0.29) is 0 Å². The Morgan fingerprint density at radius 1 is 1.10 bits per heavy atom. The van der Waals surface area contributed by atoms with E-state index in [4.69, 9.17) is 26.8 Å². The average molecular weight is 422 g/mol. The van der Waals surface area contributed by atoms with Crippen LogP contribution in [0.2, 0.25) is 5.02 Å². The predicted octanol–water partition coefficient (Wildman–Crippen LogP) is 5.12. The second kappa shape index (κ2) is 6.80. The summed E-state index contributed by atoms with van der Waals surface area (Å²) in [5.41, 5.74) is 6.46. The monoisotopic (exact) mass is 419 g/mol. The van der Waals surface area contributed by atoms with Crippen molar-refractivity contribution in [3.63, 3.8) is 0 Å². The van der Waals surface area contributed by atoms with Gasteiger partial charge in [-0.3, -0.25) is 0 Å². The minimum atomic E-state index is 0.400. The summed E-state index contributed by atoms with van der Waals surface area (Å²) in [5.74, 6) is 2.03. The molecule has 0 amide bonds. The standard InChI is InChI=1S/C14H12Br2ClNO2/c1-19-13-5-11(16)14(6-10(13)15)20-9-3-2-8(7-18)12(17)4-9/h2-6H,7,18H2,1H3. The number of benzene rings is 2. The van der Waals surface area contributed by atoms with Crippen molar-refractivity contribution in [1.29, 1.82) is 0 Å². The molecule has 2 aromatic rings. The molecule has 106 valence electrons. The number of ether oxygens (including phenoxy) is 2. The SMILES string of the molecule is COc1cc(Br)c(Oc2ccc(CN)c(Cl)c2)cc1Br. The molecule has 0 bridgehead atoms. The van der Waals surface area contributed by atoms with Crippen molar-refractivity contribution in [3.05, 3.63) is 49.9 Å². The first kappa shape index (κ1) is 15.6. The predicted molar refractivity (Wildman–Crippen MR) is 87.8 cm³/mol. The highest BCUT2D eigenvalue weighted by atomic mass is 79.9. The fraction of sp³-hybridized carbons (Fsp3) is 0.143. The van der Waals surface area contributed by atoms with E-state index in [2.05, 4.69) is 31.9 Å². The zero-order chi connectivity index (χ0) is 14.7. The van der Waals surface area contributed by atoms with Gasteiger partial charge in [-0.1, -0.05) is 17.7 Å². The summed E-state index contributed by atoms with van der Waals surface area (Å²) in [6, 6.07) is 9.08. The maximum Gasteiger partial charge on any atom is 0.143 e. The third kappa shape index (κ3) is 3.47. The Balaban J connectivity index is 2.30. The lowest BCUT2D eigenvalue weighted by Gasteiger charge is -2.12. The molecule has 2 rings (SSSR count). The van der Waals surface area contributed by atoms with E-state index >= 15 is 0 Å². The zero-order valence-electron chi connectivity index (χ0n) is 10.6. The smallest absolute Gasteiger partial charge is 0.143 e. The summed E-state index contributed by atoms with van der Waals surface area (Å²) in [6.45, 7) is 0.400. The zero-order valence-corrected chi connectivity index (χ0v) is 14.5. The van der Waals surface area contributed by atoms with Crippen LogP contribution in [0.15, 0.2) is 39.3 Å². The van der Waals surface area contributed by atoms with Gasteiger partial charge in [0.05, 0.1) is 16.1 Å². The first-order chi connectivity index (χ1) is 9.55. The Labute approximate surface area is 139 Å². The third-order valence-corrected chi connectivity index (χ3v) is 4.27. The van der Waals surface area contributed by atoms with E-state index in [0.717, 1.165) is 20.3 Å². The van der Waals surface area contributed by atoms with E-state index in [9.17, 15) is 0 Å². The number of methoxy groups -OCH3 is 1. The minimum absolute atomic E-state index is 0.400.